The molecule has 2 aromatic rings. The van der Waals surface area contributed by atoms with Crippen LogP contribution in [0.3, 0.4) is 0 Å². The zero-order valence-electron chi connectivity index (χ0n) is 16.8. The van der Waals surface area contributed by atoms with Gasteiger partial charge in [-0.05, 0) is 12.1 Å². The zero-order valence-corrected chi connectivity index (χ0v) is 17.7. The van der Waals surface area contributed by atoms with E-state index >= 15 is 0 Å². The molecule has 0 bridgehead atoms. The number of hydrogen-bond acceptors (Lipinski definition) is 8. The van der Waals surface area contributed by atoms with Crippen molar-refractivity contribution < 1.29 is 23.9 Å². The average Bonchev–Trinajstić information content (AvgIpc) is 3.32. The lowest BCUT2D eigenvalue weighted by atomic mass is 10.3. The number of hydrogen-bond donors (Lipinski definition) is 0. The second-order valence-electron chi connectivity index (χ2n) is 7.20. The van der Waals surface area contributed by atoms with E-state index in [9.17, 15) is 14.4 Å². The molecule has 1 aromatic carbocycles. The van der Waals surface area contributed by atoms with Gasteiger partial charge in [-0.3, -0.25) is 29.1 Å². The third-order valence-electron chi connectivity index (χ3n) is 5.31. The van der Waals surface area contributed by atoms with Crippen LogP contribution >= 0.6 is 11.3 Å². The quantitative estimate of drug-likeness (QED) is 0.606. The highest BCUT2D eigenvalue weighted by Crippen LogP contribution is 2.31. The van der Waals surface area contributed by atoms with Gasteiger partial charge in [0.25, 0.3) is 0 Å². The molecule has 0 radical (unpaired) electrons. The van der Waals surface area contributed by atoms with E-state index in [4.69, 9.17) is 9.47 Å². The summed E-state index contributed by atoms with van der Waals surface area (Å²) in [6, 6.07) is 5.59. The maximum Gasteiger partial charge on any atom is 0.248 e. The SMILES string of the molecule is COc1ccc2sc(N(CCN3CCOCC3)C(=O)CN3C(=O)CCC3=O)nc2c1. The summed E-state index contributed by atoms with van der Waals surface area (Å²) in [5, 5.41) is 0.551. The molecule has 0 aliphatic carbocycles. The van der Waals surface area contributed by atoms with Crippen LogP contribution in [0.25, 0.3) is 10.2 Å². The highest BCUT2D eigenvalue weighted by atomic mass is 32.1. The molecule has 3 amide bonds. The number of aromatic nitrogens is 1. The summed E-state index contributed by atoms with van der Waals surface area (Å²) in [4.78, 5) is 46.6. The Morgan fingerprint density at radius 2 is 1.97 bits per heavy atom. The summed E-state index contributed by atoms with van der Waals surface area (Å²) in [5.74, 6) is -0.206. The van der Waals surface area contributed by atoms with E-state index in [2.05, 4.69) is 9.88 Å². The first-order valence-corrected chi connectivity index (χ1v) is 10.7. The standard InChI is InChI=1S/C20H24N4O5S/c1-28-14-2-3-16-15(12-14)21-20(30-16)23(7-6-22-8-10-29-11-9-22)19(27)13-24-17(25)4-5-18(24)26/h2-3,12H,4-11,13H2,1H3. The summed E-state index contributed by atoms with van der Waals surface area (Å²) >= 11 is 1.41. The van der Waals surface area contributed by atoms with Gasteiger partial charge in [0, 0.05) is 45.1 Å². The Labute approximate surface area is 178 Å². The average molecular weight is 433 g/mol. The second-order valence-corrected chi connectivity index (χ2v) is 8.21. The normalized spacial score (nSPS) is 17.7. The molecule has 2 aliphatic heterocycles. The Balaban J connectivity index is 1.56. The van der Waals surface area contributed by atoms with Gasteiger partial charge in [-0.15, -0.1) is 0 Å². The molecule has 2 saturated heterocycles. The Morgan fingerprint density at radius 1 is 1.23 bits per heavy atom. The van der Waals surface area contributed by atoms with Crippen molar-refractivity contribution in [1.82, 2.24) is 14.8 Å². The first kappa shape index (κ1) is 20.7. The van der Waals surface area contributed by atoms with Gasteiger partial charge in [0.1, 0.15) is 12.3 Å². The predicted octanol–water partition coefficient (Wildman–Crippen LogP) is 1.12. The molecular formula is C20H24N4O5S. The third-order valence-corrected chi connectivity index (χ3v) is 6.37. The predicted molar refractivity (Wildman–Crippen MR) is 112 cm³/mol. The van der Waals surface area contributed by atoms with Crippen LogP contribution in [0.1, 0.15) is 12.8 Å². The maximum atomic E-state index is 13.1. The van der Waals surface area contributed by atoms with Crippen LogP contribution in [0.2, 0.25) is 0 Å². The van der Waals surface area contributed by atoms with E-state index in [1.807, 2.05) is 18.2 Å². The minimum absolute atomic E-state index is 0.167. The lowest BCUT2D eigenvalue weighted by molar-refractivity contribution is -0.141. The molecule has 0 spiro atoms. The van der Waals surface area contributed by atoms with Crippen molar-refractivity contribution in [3.05, 3.63) is 18.2 Å². The number of anilines is 1. The van der Waals surface area contributed by atoms with Crippen molar-refractivity contribution in [2.75, 3.05) is 57.9 Å². The molecule has 0 saturated carbocycles. The Bertz CT molecular complexity index is 940. The van der Waals surface area contributed by atoms with E-state index in [0.29, 0.717) is 37.2 Å². The number of imide groups is 1. The molecule has 3 heterocycles. The third kappa shape index (κ3) is 4.45. The molecule has 0 atom stereocenters. The largest absolute Gasteiger partial charge is 0.497 e. The smallest absolute Gasteiger partial charge is 0.248 e. The maximum absolute atomic E-state index is 13.1. The van der Waals surface area contributed by atoms with E-state index in [-0.39, 0.29) is 37.1 Å². The molecular weight excluding hydrogens is 408 g/mol. The zero-order chi connectivity index (χ0) is 21.1. The summed E-state index contributed by atoms with van der Waals surface area (Å²) in [6.07, 6.45) is 0.335. The number of carbonyl (C=O) groups is 3. The second kappa shape index (κ2) is 9.07. The molecule has 0 N–H and O–H groups in total. The van der Waals surface area contributed by atoms with Gasteiger partial charge in [-0.2, -0.15) is 0 Å². The Hall–Kier alpha value is -2.56. The number of morpholine rings is 1. The van der Waals surface area contributed by atoms with Gasteiger partial charge in [-0.25, -0.2) is 4.98 Å². The number of carbonyl (C=O) groups excluding carboxylic acids is 3. The molecule has 1 aromatic heterocycles. The number of ether oxygens (including phenoxy) is 2. The van der Waals surface area contributed by atoms with Crippen molar-refractivity contribution in [3.63, 3.8) is 0 Å². The number of likely N-dealkylation sites (tertiary alicyclic amines) is 1. The van der Waals surface area contributed by atoms with Crippen molar-refractivity contribution in [2.24, 2.45) is 0 Å². The van der Waals surface area contributed by atoms with Crippen LogP contribution in [0.5, 0.6) is 5.75 Å². The summed E-state index contributed by atoms with van der Waals surface area (Å²) < 4.78 is 11.6. The van der Waals surface area contributed by atoms with Crippen molar-refractivity contribution in [1.29, 1.82) is 0 Å². The molecule has 4 rings (SSSR count). The number of thiazole rings is 1. The van der Waals surface area contributed by atoms with Crippen LogP contribution in [0.15, 0.2) is 18.2 Å². The van der Waals surface area contributed by atoms with Gasteiger partial charge >= 0.3 is 0 Å². The molecule has 10 heteroatoms. The summed E-state index contributed by atoms with van der Waals surface area (Å²) in [6.45, 7) is 3.80. The fraction of sp³-hybridized carbons (Fsp3) is 0.500. The molecule has 9 nitrogen and oxygen atoms in total. The monoisotopic (exact) mass is 432 g/mol. The lowest BCUT2D eigenvalue weighted by Gasteiger charge is -2.29. The highest BCUT2D eigenvalue weighted by Gasteiger charge is 2.33. The topological polar surface area (TPSA) is 92.3 Å². The van der Waals surface area contributed by atoms with E-state index in [0.717, 1.165) is 28.2 Å². The fourth-order valence-electron chi connectivity index (χ4n) is 3.55. The number of fused-ring (bicyclic) bond motifs is 1. The van der Waals surface area contributed by atoms with Gasteiger partial charge in [0.15, 0.2) is 5.13 Å². The van der Waals surface area contributed by atoms with Crippen LogP contribution in [0.4, 0.5) is 5.13 Å². The van der Waals surface area contributed by atoms with Crippen LogP contribution in [-0.2, 0) is 19.1 Å². The van der Waals surface area contributed by atoms with Crippen molar-refractivity contribution in [3.8, 4) is 5.75 Å². The van der Waals surface area contributed by atoms with Crippen LogP contribution < -0.4 is 9.64 Å². The Kier molecular flexibility index (Phi) is 6.26. The molecule has 160 valence electrons. The van der Waals surface area contributed by atoms with Crippen molar-refractivity contribution >= 4 is 44.4 Å². The van der Waals surface area contributed by atoms with E-state index < -0.39 is 0 Å². The van der Waals surface area contributed by atoms with Crippen LogP contribution in [-0.4, -0.2) is 85.6 Å². The number of benzene rings is 1. The number of methoxy groups -OCH3 is 1. The molecule has 0 unspecified atom stereocenters. The first-order chi connectivity index (χ1) is 14.5. The van der Waals surface area contributed by atoms with Gasteiger partial charge in [0.05, 0.1) is 30.5 Å². The van der Waals surface area contributed by atoms with Gasteiger partial charge < -0.3 is 9.47 Å². The highest BCUT2D eigenvalue weighted by molar-refractivity contribution is 7.22. The van der Waals surface area contributed by atoms with E-state index in [1.54, 1.807) is 12.0 Å². The minimum atomic E-state index is -0.308. The van der Waals surface area contributed by atoms with Gasteiger partial charge in [0.2, 0.25) is 17.7 Å². The number of amides is 3. The van der Waals surface area contributed by atoms with Crippen molar-refractivity contribution in [2.45, 2.75) is 12.8 Å². The van der Waals surface area contributed by atoms with E-state index in [1.165, 1.54) is 11.3 Å². The lowest BCUT2D eigenvalue weighted by Crippen LogP contribution is -2.47. The van der Waals surface area contributed by atoms with Crippen LogP contribution in [0, 0.1) is 0 Å². The molecule has 2 fully saturated rings. The summed E-state index contributed by atoms with van der Waals surface area (Å²) in [5.41, 5.74) is 0.742. The van der Waals surface area contributed by atoms with Gasteiger partial charge in [-0.1, -0.05) is 11.3 Å². The molecule has 30 heavy (non-hydrogen) atoms. The summed E-state index contributed by atoms with van der Waals surface area (Å²) in [7, 11) is 1.59. The number of nitrogens with zero attached hydrogens (tertiary/aromatic N) is 4. The Morgan fingerprint density at radius 3 is 2.67 bits per heavy atom. The number of rotatable bonds is 7. The minimum Gasteiger partial charge on any atom is -0.497 e. The fourth-order valence-corrected chi connectivity index (χ4v) is 4.54. The molecule has 2 aliphatic rings. The first-order valence-electron chi connectivity index (χ1n) is 9.93.